The number of amides is 1. The van der Waals surface area contributed by atoms with Crippen molar-refractivity contribution in [3.8, 4) is 0 Å². The minimum Gasteiger partial charge on any atom is -0.469 e. The number of ether oxygens (including phenoxy) is 1. The fourth-order valence-electron chi connectivity index (χ4n) is 2.94. The Kier molecular flexibility index (Phi) is 8.15. The maximum Gasteiger partial charge on any atom is 0.309 e. The number of rotatable bonds is 7. The molecule has 1 unspecified atom stereocenters. The lowest BCUT2D eigenvalue weighted by Crippen LogP contribution is -2.46. The smallest absolute Gasteiger partial charge is 0.309 e. The van der Waals surface area contributed by atoms with Gasteiger partial charge in [-0.2, -0.15) is 11.8 Å². The molecule has 0 aromatic carbocycles. The Balaban J connectivity index is 2.44. The highest BCUT2D eigenvalue weighted by molar-refractivity contribution is 7.99. The molecule has 21 heavy (non-hydrogen) atoms. The first-order valence-corrected chi connectivity index (χ1v) is 9.09. The SMILES string of the molecule is COC(=O)C(C)CSCC(=O)N(C(C)C)C1CCCCC1. The Morgan fingerprint density at radius 1 is 1.19 bits per heavy atom. The van der Waals surface area contributed by atoms with Crippen LogP contribution in [0.2, 0.25) is 0 Å². The zero-order chi connectivity index (χ0) is 15.8. The molecule has 1 aliphatic rings. The molecule has 1 fully saturated rings. The van der Waals surface area contributed by atoms with Crippen molar-refractivity contribution in [2.75, 3.05) is 18.6 Å². The molecule has 0 saturated heterocycles. The van der Waals surface area contributed by atoms with Gasteiger partial charge in [-0.25, -0.2) is 0 Å². The van der Waals surface area contributed by atoms with Crippen molar-refractivity contribution in [1.29, 1.82) is 0 Å². The molecule has 0 aliphatic heterocycles. The van der Waals surface area contributed by atoms with Crippen LogP contribution >= 0.6 is 11.8 Å². The molecular weight excluding hydrogens is 286 g/mol. The van der Waals surface area contributed by atoms with E-state index in [0.29, 0.717) is 17.5 Å². The maximum absolute atomic E-state index is 12.5. The highest BCUT2D eigenvalue weighted by Gasteiger charge is 2.27. The summed E-state index contributed by atoms with van der Waals surface area (Å²) in [5.74, 6) is 0.933. The predicted octanol–water partition coefficient (Wildman–Crippen LogP) is 3.10. The first kappa shape index (κ1) is 18.3. The molecule has 1 aliphatic carbocycles. The van der Waals surface area contributed by atoms with E-state index in [0.717, 1.165) is 12.8 Å². The number of esters is 1. The van der Waals surface area contributed by atoms with Gasteiger partial charge in [0.15, 0.2) is 0 Å². The largest absolute Gasteiger partial charge is 0.469 e. The van der Waals surface area contributed by atoms with Gasteiger partial charge in [-0.05, 0) is 26.7 Å². The van der Waals surface area contributed by atoms with E-state index in [1.807, 2.05) is 6.92 Å². The Morgan fingerprint density at radius 2 is 1.81 bits per heavy atom. The van der Waals surface area contributed by atoms with Crippen LogP contribution in [0.3, 0.4) is 0 Å². The van der Waals surface area contributed by atoms with Gasteiger partial charge in [0.2, 0.25) is 5.91 Å². The van der Waals surface area contributed by atoms with Crippen LogP contribution in [0.15, 0.2) is 0 Å². The highest BCUT2D eigenvalue weighted by atomic mass is 32.2. The van der Waals surface area contributed by atoms with E-state index in [-0.39, 0.29) is 23.8 Å². The topological polar surface area (TPSA) is 46.6 Å². The molecule has 0 heterocycles. The van der Waals surface area contributed by atoms with Gasteiger partial charge in [0, 0.05) is 17.8 Å². The summed E-state index contributed by atoms with van der Waals surface area (Å²) in [6.07, 6.45) is 6.02. The summed E-state index contributed by atoms with van der Waals surface area (Å²) >= 11 is 1.53. The number of carbonyl (C=O) groups is 2. The average molecular weight is 315 g/mol. The molecule has 122 valence electrons. The van der Waals surface area contributed by atoms with Crippen molar-refractivity contribution in [1.82, 2.24) is 4.90 Å². The maximum atomic E-state index is 12.5. The van der Waals surface area contributed by atoms with Crippen LogP contribution in [0.5, 0.6) is 0 Å². The summed E-state index contributed by atoms with van der Waals surface area (Å²) < 4.78 is 4.70. The van der Waals surface area contributed by atoms with Crippen molar-refractivity contribution in [3.63, 3.8) is 0 Å². The molecule has 1 atom stereocenters. The molecule has 1 rings (SSSR count). The third kappa shape index (κ3) is 5.89. The summed E-state index contributed by atoms with van der Waals surface area (Å²) in [4.78, 5) is 25.9. The number of nitrogens with zero attached hydrogens (tertiary/aromatic N) is 1. The molecule has 5 heteroatoms. The van der Waals surface area contributed by atoms with Gasteiger partial charge in [-0.15, -0.1) is 0 Å². The van der Waals surface area contributed by atoms with E-state index in [4.69, 9.17) is 4.74 Å². The normalized spacial score (nSPS) is 17.6. The Hall–Kier alpha value is -0.710. The Labute approximate surface area is 133 Å². The Bertz CT molecular complexity index is 340. The molecule has 1 amide bonds. The van der Waals surface area contributed by atoms with Crippen LogP contribution in [0.25, 0.3) is 0 Å². The molecule has 0 aromatic heterocycles. The van der Waals surface area contributed by atoms with Gasteiger partial charge in [0.05, 0.1) is 18.8 Å². The summed E-state index contributed by atoms with van der Waals surface area (Å²) in [5, 5.41) is 0. The van der Waals surface area contributed by atoms with Crippen molar-refractivity contribution in [2.45, 2.75) is 65.0 Å². The monoisotopic (exact) mass is 315 g/mol. The number of hydrogen-bond donors (Lipinski definition) is 0. The molecule has 4 nitrogen and oxygen atoms in total. The zero-order valence-electron chi connectivity index (χ0n) is 13.8. The van der Waals surface area contributed by atoms with E-state index in [1.165, 1.54) is 38.1 Å². The summed E-state index contributed by atoms with van der Waals surface area (Å²) in [6.45, 7) is 6.02. The van der Waals surface area contributed by atoms with Gasteiger partial charge in [-0.1, -0.05) is 26.2 Å². The fraction of sp³-hybridized carbons (Fsp3) is 0.875. The number of hydrogen-bond acceptors (Lipinski definition) is 4. The Morgan fingerprint density at radius 3 is 2.33 bits per heavy atom. The van der Waals surface area contributed by atoms with Crippen LogP contribution in [-0.4, -0.2) is 47.5 Å². The van der Waals surface area contributed by atoms with E-state index in [2.05, 4.69) is 18.7 Å². The molecule has 1 saturated carbocycles. The first-order valence-electron chi connectivity index (χ1n) is 7.94. The van der Waals surface area contributed by atoms with Crippen LogP contribution in [-0.2, 0) is 14.3 Å². The average Bonchev–Trinajstić information content (AvgIpc) is 2.47. The third-order valence-corrected chi connectivity index (χ3v) is 5.20. The molecule has 0 N–H and O–H groups in total. The fourth-order valence-corrected chi connectivity index (χ4v) is 3.87. The van der Waals surface area contributed by atoms with E-state index >= 15 is 0 Å². The highest BCUT2D eigenvalue weighted by Crippen LogP contribution is 2.25. The summed E-state index contributed by atoms with van der Waals surface area (Å²) in [7, 11) is 1.40. The summed E-state index contributed by atoms with van der Waals surface area (Å²) in [6, 6.07) is 0.657. The molecule has 0 bridgehead atoms. The number of thioether (sulfide) groups is 1. The second-order valence-electron chi connectivity index (χ2n) is 6.13. The summed E-state index contributed by atoms with van der Waals surface area (Å²) in [5.41, 5.74) is 0. The molecule has 0 aromatic rings. The van der Waals surface area contributed by atoms with Crippen LogP contribution in [0, 0.1) is 5.92 Å². The minimum absolute atomic E-state index is 0.157. The molecule has 0 spiro atoms. The number of methoxy groups -OCH3 is 1. The lowest BCUT2D eigenvalue weighted by molar-refractivity contribution is -0.144. The van der Waals surface area contributed by atoms with E-state index in [1.54, 1.807) is 0 Å². The van der Waals surface area contributed by atoms with Crippen molar-refractivity contribution < 1.29 is 14.3 Å². The second kappa shape index (κ2) is 9.34. The standard InChI is InChI=1S/C16H29NO3S/c1-12(2)17(14-8-6-5-7-9-14)15(18)11-21-10-13(3)16(19)20-4/h12-14H,5-11H2,1-4H3. The van der Waals surface area contributed by atoms with Gasteiger partial charge >= 0.3 is 5.97 Å². The number of carbonyl (C=O) groups excluding carboxylic acids is 2. The van der Waals surface area contributed by atoms with Gasteiger partial charge in [-0.3, -0.25) is 9.59 Å². The predicted molar refractivity (Wildman–Crippen MR) is 87.4 cm³/mol. The minimum atomic E-state index is -0.206. The molecular formula is C16H29NO3S. The van der Waals surface area contributed by atoms with Crippen LogP contribution in [0.1, 0.15) is 52.9 Å². The third-order valence-electron chi connectivity index (χ3n) is 4.01. The second-order valence-corrected chi connectivity index (χ2v) is 7.16. The van der Waals surface area contributed by atoms with Crippen molar-refractivity contribution >= 4 is 23.6 Å². The van der Waals surface area contributed by atoms with Crippen molar-refractivity contribution in [3.05, 3.63) is 0 Å². The first-order chi connectivity index (χ1) is 9.97. The quantitative estimate of drug-likeness (QED) is 0.677. The van der Waals surface area contributed by atoms with Gasteiger partial charge in [0.1, 0.15) is 0 Å². The van der Waals surface area contributed by atoms with E-state index < -0.39 is 0 Å². The van der Waals surface area contributed by atoms with E-state index in [9.17, 15) is 9.59 Å². The lowest BCUT2D eigenvalue weighted by atomic mass is 9.93. The van der Waals surface area contributed by atoms with Gasteiger partial charge < -0.3 is 9.64 Å². The van der Waals surface area contributed by atoms with Crippen molar-refractivity contribution in [2.24, 2.45) is 5.92 Å². The lowest BCUT2D eigenvalue weighted by Gasteiger charge is -2.37. The van der Waals surface area contributed by atoms with Gasteiger partial charge in [0.25, 0.3) is 0 Å². The van der Waals surface area contributed by atoms with Crippen LogP contribution < -0.4 is 0 Å². The zero-order valence-corrected chi connectivity index (χ0v) is 14.6. The molecule has 0 radical (unpaired) electrons. The van der Waals surface area contributed by atoms with Crippen LogP contribution in [0.4, 0.5) is 0 Å².